The second-order valence-electron chi connectivity index (χ2n) is 6.46. The number of aryl methyl sites for hydroxylation is 1. The lowest BCUT2D eigenvalue weighted by atomic mass is 10.2. The molecule has 0 fully saturated rings. The summed E-state index contributed by atoms with van der Waals surface area (Å²) in [6.07, 6.45) is -1.25. The molecule has 0 saturated carbocycles. The fraction of sp³-hybridized carbons (Fsp3) is 0.316. The molecule has 31 heavy (non-hydrogen) atoms. The summed E-state index contributed by atoms with van der Waals surface area (Å²) in [4.78, 5) is 55.7. The summed E-state index contributed by atoms with van der Waals surface area (Å²) in [6, 6.07) is 4.52. The first-order valence-electron chi connectivity index (χ1n) is 9.00. The summed E-state index contributed by atoms with van der Waals surface area (Å²) in [5, 5.41) is 10.3. The maximum absolute atomic E-state index is 11.7. The largest absolute Gasteiger partial charge is 0.478 e. The molecule has 1 aromatic heterocycles. The summed E-state index contributed by atoms with van der Waals surface area (Å²) in [6.45, 7) is 4.64. The number of carbonyl (C=O) groups is 4. The Kier molecular flexibility index (Phi) is 5.81. The molecule has 12 heteroatoms. The van der Waals surface area contributed by atoms with Gasteiger partial charge < -0.3 is 24.2 Å². The number of imidazole rings is 1. The SMILES string of the molecule is CC(=O)OCC1=C(OC(C)=O)N(OC(C)=O)C(n2c(C)nc3c(C(=O)O)cccc32)O1. The zero-order chi connectivity index (χ0) is 22.9. The Labute approximate surface area is 175 Å². The first-order valence-corrected chi connectivity index (χ1v) is 9.00. The van der Waals surface area contributed by atoms with E-state index in [-0.39, 0.29) is 22.7 Å². The van der Waals surface area contributed by atoms with Gasteiger partial charge in [-0.05, 0) is 19.1 Å². The number of carbonyl (C=O) groups excluding carboxylic acids is 3. The van der Waals surface area contributed by atoms with E-state index < -0.39 is 36.8 Å². The molecular weight excluding hydrogens is 414 g/mol. The molecule has 164 valence electrons. The zero-order valence-corrected chi connectivity index (χ0v) is 17.1. The second-order valence-corrected chi connectivity index (χ2v) is 6.46. The monoisotopic (exact) mass is 433 g/mol. The van der Waals surface area contributed by atoms with Gasteiger partial charge in [0.25, 0.3) is 12.2 Å². The van der Waals surface area contributed by atoms with Gasteiger partial charge in [0.2, 0.25) is 5.76 Å². The number of esters is 2. The molecule has 1 aromatic carbocycles. The smallest absolute Gasteiger partial charge is 0.337 e. The van der Waals surface area contributed by atoms with Crippen LogP contribution in [0, 0.1) is 6.92 Å². The number of ether oxygens (including phenoxy) is 3. The van der Waals surface area contributed by atoms with Gasteiger partial charge in [0.05, 0.1) is 11.1 Å². The number of aromatic carboxylic acids is 1. The van der Waals surface area contributed by atoms with E-state index in [9.17, 15) is 24.3 Å². The molecule has 1 atom stereocenters. The van der Waals surface area contributed by atoms with Gasteiger partial charge in [-0.2, -0.15) is 0 Å². The van der Waals surface area contributed by atoms with Crippen molar-refractivity contribution in [1.29, 1.82) is 0 Å². The number of hydrogen-bond acceptors (Lipinski definition) is 10. The van der Waals surface area contributed by atoms with Crippen LogP contribution >= 0.6 is 0 Å². The number of para-hydroxylation sites is 1. The maximum atomic E-state index is 11.7. The third-order valence-electron chi connectivity index (χ3n) is 4.11. The third kappa shape index (κ3) is 4.27. The minimum absolute atomic E-state index is 0.0373. The van der Waals surface area contributed by atoms with Crippen molar-refractivity contribution in [2.45, 2.75) is 34.0 Å². The van der Waals surface area contributed by atoms with Crippen LogP contribution in [-0.2, 0) is 33.4 Å². The number of carboxylic acid groups (broad SMARTS) is 1. The highest BCUT2D eigenvalue weighted by Gasteiger charge is 2.42. The summed E-state index contributed by atoms with van der Waals surface area (Å²) >= 11 is 0. The average molecular weight is 433 g/mol. The molecule has 0 bridgehead atoms. The van der Waals surface area contributed by atoms with Crippen LogP contribution in [0.2, 0.25) is 0 Å². The van der Waals surface area contributed by atoms with E-state index in [1.807, 2.05) is 0 Å². The summed E-state index contributed by atoms with van der Waals surface area (Å²) in [5.41, 5.74) is 0.501. The normalized spacial score (nSPS) is 15.6. The average Bonchev–Trinajstić information content (AvgIpc) is 3.15. The van der Waals surface area contributed by atoms with Crippen LogP contribution in [0.25, 0.3) is 11.0 Å². The first-order chi connectivity index (χ1) is 14.6. The van der Waals surface area contributed by atoms with Crippen molar-refractivity contribution in [2.75, 3.05) is 6.61 Å². The Morgan fingerprint density at radius 3 is 2.42 bits per heavy atom. The highest BCUT2D eigenvalue weighted by Crippen LogP contribution is 2.37. The lowest BCUT2D eigenvalue weighted by Crippen LogP contribution is -2.32. The zero-order valence-electron chi connectivity index (χ0n) is 17.1. The van der Waals surface area contributed by atoms with E-state index in [1.54, 1.807) is 13.0 Å². The van der Waals surface area contributed by atoms with E-state index in [4.69, 9.17) is 19.0 Å². The van der Waals surface area contributed by atoms with Gasteiger partial charge in [0.15, 0.2) is 6.61 Å². The summed E-state index contributed by atoms with van der Waals surface area (Å²) in [5.74, 6) is -3.33. The number of hydroxylamine groups is 2. The fourth-order valence-corrected chi connectivity index (χ4v) is 3.02. The Hall–Kier alpha value is -4.09. The van der Waals surface area contributed by atoms with Crippen LogP contribution in [0.15, 0.2) is 29.8 Å². The van der Waals surface area contributed by atoms with Gasteiger partial charge in [0, 0.05) is 20.8 Å². The van der Waals surface area contributed by atoms with Crippen LogP contribution in [0.5, 0.6) is 0 Å². The highest BCUT2D eigenvalue weighted by atomic mass is 16.8. The van der Waals surface area contributed by atoms with Crippen LogP contribution in [0.3, 0.4) is 0 Å². The molecule has 3 rings (SSSR count). The van der Waals surface area contributed by atoms with Crippen molar-refractivity contribution in [3.8, 4) is 0 Å². The Morgan fingerprint density at radius 1 is 1.13 bits per heavy atom. The van der Waals surface area contributed by atoms with Crippen molar-refractivity contribution in [3.05, 3.63) is 41.2 Å². The molecule has 0 saturated heterocycles. The van der Waals surface area contributed by atoms with Crippen molar-refractivity contribution in [2.24, 2.45) is 0 Å². The summed E-state index contributed by atoms with van der Waals surface area (Å²) < 4.78 is 17.4. The quantitative estimate of drug-likeness (QED) is 0.663. The molecule has 1 N–H and O–H groups in total. The van der Waals surface area contributed by atoms with E-state index >= 15 is 0 Å². The summed E-state index contributed by atoms with van der Waals surface area (Å²) in [7, 11) is 0. The van der Waals surface area contributed by atoms with E-state index in [0.717, 1.165) is 18.9 Å². The molecule has 0 aliphatic carbocycles. The van der Waals surface area contributed by atoms with Gasteiger partial charge in [-0.25, -0.2) is 9.78 Å². The van der Waals surface area contributed by atoms with Crippen LogP contribution < -0.4 is 0 Å². The molecule has 12 nitrogen and oxygen atoms in total. The van der Waals surface area contributed by atoms with E-state index in [1.165, 1.54) is 23.6 Å². The molecule has 0 spiro atoms. The standard InChI is InChI=1S/C19H19N3O9/c1-9-20-16-13(18(26)27)6-5-7-14(16)21(9)19-22(31-12(4)25)17(29-11(3)24)15(30-19)8-28-10(2)23/h5-7,19H,8H2,1-4H3,(H,26,27). The predicted octanol–water partition coefficient (Wildman–Crippen LogP) is 1.60. The van der Waals surface area contributed by atoms with Crippen molar-refractivity contribution >= 4 is 34.9 Å². The molecule has 1 unspecified atom stereocenters. The number of benzene rings is 1. The van der Waals surface area contributed by atoms with Gasteiger partial charge in [-0.3, -0.25) is 19.0 Å². The van der Waals surface area contributed by atoms with Gasteiger partial charge in [-0.1, -0.05) is 6.07 Å². The number of nitrogens with zero attached hydrogens (tertiary/aromatic N) is 3. The minimum Gasteiger partial charge on any atom is -0.478 e. The molecule has 0 amide bonds. The maximum Gasteiger partial charge on any atom is 0.337 e. The number of hydrogen-bond donors (Lipinski definition) is 1. The van der Waals surface area contributed by atoms with Gasteiger partial charge in [0.1, 0.15) is 11.3 Å². The molecule has 0 radical (unpaired) electrons. The Balaban J connectivity index is 2.14. The fourth-order valence-electron chi connectivity index (χ4n) is 3.02. The lowest BCUT2D eigenvalue weighted by Gasteiger charge is -2.25. The molecular formula is C19H19N3O9. The minimum atomic E-state index is -1.25. The number of rotatable bonds is 6. The topological polar surface area (TPSA) is 146 Å². The molecule has 2 aromatic rings. The molecule has 2 heterocycles. The molecule has 1 aliphatic rings. The van der Waals surface area contributed by atoms with Crippen molar-refractivity contribution < 1.29 is 43.3 Å². The highest BCUT2D eigenvalue weighted by molar-refractivity contribution is 6.01. The van der Waals surface area contributed by atoms with Crippen molar-refractivity contribution in [3.63, 3.8) is 0 Å². The number of carboxylic acids is 1. The third-order valence-corrected chi connectivity index (χ3v) is 4.11. The Bertz CT molecular complexity index is 1120. The number of aromatic nitrogens is 2. The number of fused-ring (bicyclic) bond motifs is 1. The van der Waals surface area contributed by atoms with Gasteiger partial charge >= 0.3 is 23.9 Å². The second kappa shape index (κ2) is 8.34. The Morgan fingerprint density at radius 2 is 1.84 bits per heavy atom. The first kappa shape index (κ1) is 21.6. The van der Waals surface area contributed by atoms with Crippen molar-refractivity contribution in [1.82, 2.24) is 14.6 Å². The van der Waals surface area contributed by atoms with Crippen LogP contribution in [-0.4, -0.2) is 50.2 Å². The van der Waals surface area contributed by atoms with Crippen LogP contribution in [0.1, 0.15) is 43.3 Å². The lowest BCUT2D eigenvalue weighted by molar-refractivity contribution is -0.235. The van der Waals surface area contributed by atoms with E-state index in [0.29, 0.717) is 11.3 Å². The van der Waals surface area contributed by atoms with Crippen LogP contribution in [0.4, 0.5) is 0 Å². The van der Waals surface area contributed by atoms with Gasteiger partial charge in [-0.15, -0.1) is 5.06 Å². The van der Waals surface area contributed by atoms with E-state index in [2.05, 4.69) is 4.98 Å². The molecule has 1 aliphatic heterocycles. The predicted molar refractivity (Wildman–Crippen MR) is 101 cm³/mol.